The highest BCUT2D eigenvalue weighted by atomic mass is 19.3. The molecule has 1 aliphatic rings. The summed E-state index contributed by atoms with van der Waals surface area (Å²) in [6.07, 6.45) is -1.52. The van der Waals surface area contributed by atoms with E-state index < -0.39 is 23.4 Å². The van der Waals surface area contributed by atoms with Gasteiger partial charge < -0.3 is 4.74 Å². The molecule has 1 heterocycles. The van der Waals surface area contributed by atoms with Crippen LogP contribution in [-0.2, 0) is 10.3 Å². The van der Waals surface area contributed by atoms with Crippen LogP contribution in [0.1, 0.15) is 19.4 Å². The number of halogens is 3. The summed E-state index contributed by atoms with van der Waals surface area (Å²) in [7, 11) is 0. The average molecular weight is 257 g/mol. The van der Waals surface area contributed by atoms with Gasteiger partial charge in [-0.2, -0.15) is 0 Å². The SMILES string of the molecule is CC1(C)C=NC(c2ccccc2F)(C(F)F)CO1. The maximum absolute atomic E-state index is 13.7. The second-order valence-corrected chi connectivity index (χ2v) is 4.86. The van der Waals surface area contributed by atoms with Gasteiger partial charge in [0.2, 0.25) is 0 Å². The lowest BCUT2D eigenvalue weighted by molar-refractivity contribution is -0.0626. The fraction of sp³-hybridized carbons (Fsp3) is 0.462. The van der Waals surface area contributed by atoms with E-state index in [1.54, 1.807) is 13.8 Å². The van der Waals surface area contributed by atoms with Crippen LogP contribution < -0.4 is 0 Å². The predicted octanol–water partition coefficient (Wildman–Crippen LogP) is 3.17. The fourth-order valence-corrected chi connectivity index (χ4v) is 1.84. The second-order valence-electron chi connectivity index (χ2n) is 4.86. The van der Waals surface area contributed by atoms with E-state index in [4.69, 9.17) is 4.74 Å². The maximum Gasteiger partial charge on any atom is 0.269 e. The van der Waals surface area contributed by atoms with Crippen molar-refractivity contribution in [3.05, 3.63) is 35.6 Å². The molecule has 18 heavy (non-hydrogen) atoms. The largest absolute Gasteiger partial charge is 0.367 e. The van der Waals surface area contributed by atoms with E-state index in [2.05, 4.69) is 4.99 Å². The standard InChI is InChI=1S/C13H14F3NO/c1-12(2)7-17-13(8-18-12,11(15)16)9-5-3-4-6-10(9)14/h3-7,11H,8H2,1-2H3. The Morgan fingerprint density at radius 1 is 1.28 bits per heavy atom. The van der Waals surface area contributed by atoms with Gasteiger partial charge in [0, 0.05) is 11.8 Å². The molecule has 0 aliphatic carbocycles. The van der Waals surface area contributed by atoms with Crippen molar-refractivity contribution in [2.24, 2.45) is 4.99 Å². The van der Waals surface area contributed by atoms with E-state index in [0.29, 0.717) is 0 Å². The number of benzene rings is 1. The first-order chi connectivity index (χ1) is 8.37. The van der Waals surface area contributed by atoms with E-state index >= 15 is 0 Å². The molecular formula is C13H14F3NO. The second kappa shape index (κ2) is 4.39. The van der Waals surface area contributed by atoms with Gasteiger partial charge in [0.05, 0.1) is 12.2 Å². The molecule has 0 saturated heterocycles. The minimum Gasteiger partial charge on any atom is -0.367 e. The predicted molar refractivity (Wildman–Crippen MR) is 62.6 cm³/mol. The van der Waals surface area contributed by atoms with E-state index in [9.17, 15) is 13.2 Å². The minimum absolute atomic E-state index is 0.133. The summed E-state index contributed by atoms with van der Waals surface area (Å²) in [6.45, 7) is 3.09. The van der Waals surface area contributed by atoms with Crippen LogP contribution in [0.25, 0.3) is 0 Å². The molecule has 0 N–H and O–H groups in total. The molecule has 0 saturated carbocycles. The summed E-state index contributed by atoms with van der Waals surface area (Å²) in [5.41, 5.74) is -2.78. The first-order valence-corrected chi connectivity index (χ1v) is 5.61. The van der Waals surface area contributed by atoms with Crippen LogP contribution in [0.3, 0.4) is 0 Å². The molecule has 1 unspecified atom stereocenters. The molecule has 98 valence electrons. The van der Waals surface area contributed by atoms with Crippen molar-refractivity contribution in [2.45, 2.75) is 31.4 Å². The van der Waals surface area contributed by atoms with E-state index in [0.717, 1.165) is 6.07 Å². The Morgan fingerprint density at radius 3 is 2.44 bits per heavy atom. The van der Waals surface area contributed by atoms with Crippen molar-refractivity contribution in [3.63, 3.8) is 0 Å². The molecule has 2 rings (SSSR count). The zero-order valence-electron chi connectivity index (χ0n) is 10.2. The number of nitrogens with zero attached hydrogens (tertiary/aromatic N) is 1. The van der Waals surface area contributed by atoms with Gasteiger partial charge in [-0.3, -0.25) is 4.99 Å². The van der Waals surface area contributed by atoms with Crippen LogP contribution in [0, 0.1) is 5.82 Å². The highest BCUT2D eigenvalue weighted by Gasteiger charge is 2.47. The topological polar surface area (TPSA) is 21.6 Å². The van der Waals surface area contributed by atoms with Gasteiger partial charge in [0.1, 0.15) is 5.82 Å². The Hall–Kier alpha value is -1.36. The molecule has 5 heteroatoms. The molecule has 0 fully saturated rings. The van der Waals surface area contributed by atoms with Crippen LogP contribution in [0.2, 0.25) is 0 Å². The zero-order valence-corrected chi connectivity index (χ0v) is 10.2. The van der Waals surface area contributed by atoms with Crippen LogP contribution in [0.4, 0.5) is 13.2 Å². The molecule has 0 spiro atoms. The lowest BCUT2D eigenvalue weighted by Gasteiger charge is -2.37. The quantitative estimate of drug-likeness (QED) is 0.797. The van der Waals surface area contributed by atoms with E-state index in [1.807, 2.05) is 0 Å². The number of aliphatic imine (C=N–C) groups is 1. The molecule has 1 aromatic carbocycles. The Kier molecular flexibility index (Phi) is 3.19. The van der Waals surface area contributed by atoms with Gasteiger partial charge in [-0.05, 0) is 19.9 Å². The smallest absolute Gasteiger partial charge is 0.269 e. The Labute approximate surface area is 103 Å². The number of hydrogen-bond donors (Lipinski definition) is 0. The van der Waals surface area contributed by atoms with Crippen LogP contribution >= 0.6 is 0 Å². The lowest BCUT2D eigenvalue weighted by Crippen LogP contribution is -2.47. The highest BCUT2D eigenvalue weighted by Crippen LogP contribution is 2.38. The van der Waals surface area contributed by atoms with Crippen molar-refractivity contribution in [1.82, 2.24) is 0 Å². The number of hydrogen-bond acceptors (Lipinski definition) is 2. The summed E-state index contributed by atoms with van der Waals surface area (Å²) in [5.74, 6) is -0.696. The van der Waals surface area contributed by atoms with Crippen LogP contribution in [-0.4, -0.2) is 24.8 Å². The number of rotatable bonds is 2. The Balaban J connectivity index is 2.51. The monoisotopic (exact) mass is 257 g/mol. The molecule has 0 radical (unpaired) electrons. The number of alkyl halides is 2. The third-order valence-electron chi connectivity index (χ3n) is 2.97. The van der Waals surface area contributed by atoms with Crippen molar-refractivity contribution in [1.29, 1.82) is 0 Å². The molecule has 0 bridgehead atoms. The van der Waals surface area contributed by atoms with Crippen molar-refractivity contribution in [3.8, 4) is 0 Å². The molecule has 2 nitrogen and oxygen atoms in total. The molecular weight excluding hydrogens is 243 g/mol. The minimum atomic E-state index is -2.83. The van der Waals surface area contributed by atoms with Gasteiger partial charge in [0.25, 0.3) is 6.43 Å². The zero-order chi connectivity index (χ0) is 13.4. The highest BCUT2D eigenvalue weighted by molar-refractivity contribution is 5.69. The third kappa shape index (κ3) is 2.14. The number of ether oxygens (including phenoxy) is 1. The molecule has 1 atom stereocenters. The van der Waals surface area contributed by atoms with Gasteiger partial charge in [-0.25, -0.2) is 13.2 Å². The summed E-state index contributed by atoms with van der Waals surface area (Å²) in [5, 5.41) is 0. The van der Waals surface area contributed by atoms with Crippen molar-refractivity contribution >= 4 is 6.21 Å². The first-order valence-electron chi connectivity index (χ1n) is 5.61. The first kappa shape index (κ1) is 13.1. The Morgan fingerprint density at radius 2 is 1.94 bits per heavy atom. The summed E-state index contributed by atoms with van der Waals surface area (Å²) >= 11 is 0. The van der Waals surface area contributed by atoms with Gasteiger partial charge in [-0.15, -0.1) is 0 Å². The van der Waals surface area contributed by atoms with Gasteiger partial charge in [0.15, 0.2) is 5.54 Å². The maximum atomic E-state index is 13.7. The third-order valence-corrected chi connectivity index (χ3v) is 2.97. The fourth-order valence-electron chi connectivity index (χ4n) is 1.84. The van der Waals surface area contributed by atoms with E-state index in [1.165, 1.54) is 24.4 Å². The van der Waals surface area contributed by atoms with Gasteiger partial charge in [-0.1, -0.05) is 18.2 Å². The average Bonchev–Trinajstić information content (AvgIpc) is 2.30. The van der Waals surface area contributed by atoms with Crippen molar-refractivity contribution < 1.29 is 17.9 Å². The molecule has 0 aromatic heterocycles. The molecule has 0 amide bonds. The lowest BCUT2D eigenvalue weighted by atomic mass is 9.89. The normalized spacial score (nSPS) is 26.6. The summed E-state index contributed by atoms with van der Waals surface area (Å²) in [6, 6.07) is 5.43. The van der Waals surface area contributed by atoms with E-state index in [-0.39, 0.29) is 12.2 Å². The van der Waals surface area contributed by atoms with Gasteiger partial charge >= 0.3 is 0 Å². The van der Waals surface area contributed by atoms with Crippen LogP contribution in [0.5, 0.6) is 0 Å². The summed E-state index contributed by atoms with van der Waals surface area (Å²) < 4.78 is 45.7. The van der Waals surface area contributed by atoms with Crippen LogP contribution in [0.15, 0.2) is 29.3 Å². The Bertz CT molecular complexity index is 473. The summed E-state index contributed by atoms with van der Waals surface area (Å²) in [4.78, 5) is 3.90. The van der Waals surface area contributed by atoms with Crippen molar-refractivity contribution in [2.75, 3.05) is 6.61 Å². The molecule has 1 aromatic rings. The molecule has 1 aliphatic heterocycles.